The van der Waals surface area contributed by atoms with Crippen molar-refractivity contribution in [3.8, 4) is 0 Å². The average Bonchev–Trinajstić information content (AvgIpc) is 3.32. The summed E-state index contributed by atoms with van der Waals surface area (Å²) in [5, 5.41) is 2.90. The van der Waals surface area contributed by atoms with Crippen LogP contribution in [0.25, 0.3) is 0 Å². The zero-order valence-corrected chi connectivity index (χ0v) is 19.2. The van der Waals surface area contributed by atoms with E-state index in [1.54, 1.807) is 6.26 Å². The van der Waals surface area contributed by atoms with Crippen LogP contribution in [0.5, 0.6) is 0 Å². The van der Waals surface area contributed by atoms with Crippen molar-refractivity contribution < 1.29 is 22.4 Å². The summed E-state index contributed by atoms with van der Waals surface area (Å²) >= 11 is 1.00. The van der Waals surface area contributed by atoms with Crippen LogP contribution in [0.4, 0.5) is 17.6 Å². The van der Waals surface area contributed by atoms with E-state index in [4.69, 9.17) is 0 Å². The summed E-state index contributed by atoms with van der Waals surface area (Å²) < 4.78 is 54.8. The SMILES string of the molecule is CSc1cc(CF)cc(C(F)(F)F)c1C(=O)NC(c1ccccc1)C(C)(C)N1CCCC1. The van der Waals surface area contributed by atoms with Gasteiger partial charge in [-0.05, 0) is 69.3 Å². The van der Waals surface area contributed by atoms with Gasteiger partial charge in [-0.1, -0.05) is 30.3 Å². The molecule has 1 unspecified atom stereocenters. The standard InChI is InChI=1S/C24H28F4N2OS/c1-23(2,30-11-7-8-12-30)21(17-9-5-4-6-10-17)29-22(31)20-18(24(26,27)28)13-16(15-25)14-19(20)32-3/h4-6,9-10,13-14,21H,7-8,11-12,15H2,1-3H3,(H,29,31). The van der Waals surface area contributed by atoms with E-state index < -0.39 is 41.5 Å². The molecule has 1 atom stereocenters. The molecule has 3 nitrogen and oxygen atoms in total. The first-order valence-electron chi connectivity index (χ1n) is 10.5. The van der Waals surface area contributed by atoms with Crippen LogP contribution in [0.2, 0.25) is 0 Å². The van der Waals surface area contributed by atoms with Gasteiger partial charge in [-0.2, -0.15) is 13.2 Å². The van der Waals surface area contributed by atoms with Gasteiger partial charge in [0.2, 0.25) is 0 Å². The van der Waals surface area contributed by atoms with Crippen LogP contribution in [-0.2, 0) is 12.9 Å². The maximum atomic E-state index is 13.9. The molecule has 8 heteroatoms. The summed E-state index contributed by atoms with van der Waals surface area (Å²) in [4.78, 5) is 15.8. The van der Waals surface area contributed by atoms with Crippen LogP contribution in [0.15, 0.2) is 47.4 Å². The lowest BCUT2D eigenvalue weighted by molar-refractivity contribution is -0.138. The Kier molecular flexibility index (Phi) is 7.55. The van der Waals surface area contributed by atoms with Gasteiger partial charge in [0.15, 0.2) is 0 Å². The van der Waals surface area contributed by atoms with Crippen molar-refractivity contribution in [3.63, 3.8) is 0 Å². The fourth-order valence-corrected chi connectivity index (χ4v) is 5.04. The number of hydrogen-bond donors (Lipinski definition) is 1. The second kappa shape index (κ2) is 9.83. The summed E-state index contributed by atoms with van der Waals surface area (Å²) in [6, 6.07) is 10.8. The van der Waals surface area contributed by atoms with Crippen molar-refractivity contribution in [1.29, 1.82) is 0 Å². The first-order valence-corrected chi connectivity index (χ1v) is 11.8. The minimum atomic E-state index is -4.78. The molecule has 0 aromatic heterocycles. The largest absolute Gasteiger partial charge is 0.417 e. The Morgan fingerprint density at radius 3 is 2.28 bits per heavy atom. The lowest BCUT2D eigenvalue weighted by atomic mass is 9.86. The van der Waals surface area contributed by atoms with Crippen LogP contribution in [0.1, 0.15) is 59.8 Å². The third-order valence-corrected chi connectivity index (χ3v) is 6.87. The van der Waals surface area contributed by atoms with Crippen molar-refractivity contribution in [2.75, 3.05) is 19.3 Å². The fourth-order valence-electron chi connectivity index (χ4n) is 4.36. The molecule has 0 spiro atoms. The summed E-state index contributed by atoms with van der Waals surface area (Å²) in [5.41, 5.74) is -1.38. The molecule has 2 aromatic carbocycles. The predicted octanol–water partition coefficient (Wildman–Crippen LogP) is 6.24. The van der Waals surface area contributed by atoms with Gasteiger partial charge in [-0.25, -0.2) is 4.39 Å². The number of carbonyl (C=O) groups excluding carboxylic acids is 1. The molecule has 2 aromatic rings. The molecule has 0 aliphatic carbocycles. The Balaban J connectivity index is 2.07. The third kappa shape index (κ3) is 5.12. The van der Waals surface area contributed by atoms with E-state index in [-0.39, 0.29) is 10.5 Å². The highest BCUT2D eigenvalue weighted by Gasteiger charge is 2.41. The number of halogens is 4. The fraction of sp³-hybridized carbons (Fsp3) is 0.458. The first kappa shape index (κ1) is 24.6. The third-order valence-electron chi connectivity index (χ3n) is 6.10. The number of nitrogens with zero attached hydrogens (tertiary/aromatic N) is 1. The van der Waals surface area contributed by atoms with Crippen LogP contribution in [0, 0.1) is 0 Å². The molecule has 3 rings (SSSR count). The Labute approximate surface area is 190 Å². The van der Waals surface area contributed by atoms with Gasteiger partial charge < -0.3 is 5.32 Å². The smallest absolute Gasteiger partial charge is 0.343 e. The Hall–Kier alpha value is -2.06. The normalized spacial score (nSPS) is 16.2. The van der Waals surface area contributed by atoms with Crippen LogP contribution < -0.4 is 5.32 Å². The average molecular weight is 469 g/mol. The monoisotopic (exact) mass is 468 g/mol. The zero-order chi connectivity index (χ0) is 23.5. The Morgan fingerprint density at radius 1 is 1.12 bits per heavy atom. The van der Waals surface area contributed by atoms with Gasteiger partial charge >= 0.3 is 6.18 Å². The predicted molar refractivity (Wildman–Crippen MR) is 120 cm³/mol. The zero-order valence-electron chi connectivity index (χ0n) is 18.4. The highest BCUT2D eigenvalue weighted by molar-refractivity contribution is 7.98. The molecule has 174 valence electrons. The second-order valence-electron chi connectivity index (χ2n) is 8.52. The number of alkyl halides is 4. The van der Waals surface area contributed by atoms with Gasteiger partial charge in [0, 0.05) is 10.4 Å². The number of rotatable bonds is 7. The number of hydrogen-bond acceptors (Lipinski definition) is 3. The summed E-state index contributed by atoms with van der Waals surface area (Å²) in [6.07, 6.45) is -1.12. The van der Waals surface area contributed by atoms with Crippen molar-refractivity contribution >= 4 is 17.7 Å². The van der Waals surface area contributed by atoms with E-state index in [0.717, 1.165) is 49.3 Å². The van der Waals surface area contributed by atoms with Gasteiger partial charge in [0.05, 0.1) is 17.2 Å². The molecule has 1 heterocycles. The molecule has 1 amide bonds. The molecule has 0 saturated carbocycles. The van der Waals surface area contributed by atoms with Crippen LogP contribution in [-0.4, -0.2) is 35.7 Å². The van der Waals surface area contributed by atoms with Crippen molar-refractivity contribution in [2.45, 2.75) is 56.0 Å². The van der Waals surface area contributed by atoms with E-state index in [1.165, 1.54) is 6.07 Å². The summed E-state index contributed by atoms with van der Waals surface area (Å²) in [6.45, 7) is 4.70. The Morgan fingerprint density at radius 2 is 1.75 bits per heavy atom. The van der Waals surface area contributed by atoms with Gasteiger partial charge in [0.25, 0.3) is 5.91 Å². The number of nitrogens with one attached hydrogen (secondary N) is 1. The number of thioether (sulfide) groups is 1. The number of amides is 1. The molecule has 1 aliphatic rings. The lowest BCUT2D eigenvalue weighted by Gasteiger charge is -2.42. The molecule has 1 N–H and O–H groups in total. The molecule has 1 saturated heterocycles. The number of carbonyl (C=O) groups is 1. The minimum Gasteiger partial charge on any atom is -0.343 e. The van der Waals surface area contributed by atoms with Gasteiger partial charge in [0.1, 0.15) is 6.67 Å². The van der Waals surface area contributed by atoms with Crippen molar-refractivity contribution in [2.24, 2.45) is 0 Å². The molecule has 32 heavy (non-hydrogen) atoms. The van der Waals surface area contributed by atoms with E-state index in [0.29, 0.717) is 0 Å². The van der Waals surface area contributed by atoms with Gasteiger partial charge in [-0.15, -0.1) is 11.8 Å². The van der Waals surface area contributed by atoms with E-state index in [1.807, 2.05) is 44.2 Å². The van der Waals surface area contributed by atoms with E-state index >= 15 is 0 Å². The molecular weight excluding hydrogens is 440 g/mol. The van der Waals surface area contributed by atoms with Crippen molar-refractivity contribution in [3.05, 3.63) is 64.7 Å². The highest BCUT2D eigenvalue weighted by atomic mass is 32.2. The Bertz CT molecular complexity index is 941. The second-order valence-corrected chi connectivity index (χ2v) is 9.37. The summed E-state index contributed by atoms with van der Waals surface area (Å²) in [7, 11) is 0. The van der Waals surface area contributed by atoms with E-state index in [2.05, 4.69) is 10.2 Å². The van der Waals surface area contributed by atoms with Crippen LogP contribution >= 0.6 is 11.8 Å². The first-order chi connectivity index (χ1) is 15.1. The summed E-state index contributed by atoms with van der Waals surface area (Å²) in [5.74, 6) is -0.812. The molecule has 1 fully saturated rings. The number of likely N-dealkylation sites (tertiary alicyclic amines) is 1. The number of benzene rings is 2. The van der Waals surface area contributed by atoms with Crippen LogP contribution in [0.3, 0.4) is 0 Å². The molecular formula is C24H28F4N2OS. The highest BCUT2D eigenvalue weighted by Crippen LogP contribution is 2.39. The maximum Gasteiger partial charge on any atom is 0.417 e. The molecule has 1 aliphatic heterocycles. The molecule has 0 bridgehead atoms. The quantitative estimate of drug-likeness (QED) is 0.386. The topological polar surface area (TPSA) is 32.3 Å². The van der Waals surface area contributed by atoms with E-state index in [9.17, 15) is 22.4 Å². The van der Waals surface area contributed by atoms with Crippen molar-refractivity contribution in [1.82, 2.24) is 10.2 Å². The lowest BCUT2D eigenvalue weighted by Crippen LogP contribution is -2.53. The molecule has 0 radical (unpaired) electrons. The van der Waals surface area contributed by atoms with Gasteiger partial charge in [-0.3, -0.25) is 9.69 Å². The maximum absolute atomic E-state index is 13.9. The minimum absolute atomic E-state index is 0.102.